The Kier molecular flexibility index (Phi) is 11.4. The zero-order valence-corrected chi connectivity index (χ0v) is 29.2. The van der Waals surface area contributed by atoms with Gasteiger partial charge >= 0.3 is 0 Å². The van der Waals surface area contributed by atoms with Crippen LogP contribution in [0.15, 0.2) is 57.0 Å². The van der Waals surface area contributed by atoms with E-state index in [1.165, 1.54) is 54.1 Å². The minimum Gasteiger partial charge on any atom is -0.493 e. The van der Waals surface area contributed by atoms with E-state index in [1.54, 1.807) is 12.0 Å². The van der Waals surface area contributed by atoms with Crippen LogP contribution in [0, 0.1) is 0 Å². The highest BCUT2D eigenvalue weighted by Crippen LogP contribution is 2.36. The molecule has 47 heavy (non-hydrogen) atoms. The van der Waals surface area contributed by atoms with Crippen molar-refractivity contribution < 1.29 is 23.5 Å². The number of thioether (sulfide) groups is 2. The van der Waals surface area contributed by atoms with E-state index in [4.69, 9.17) is 26.1 Å². The van der Waals surface area contributed by atoms with Crippen LogP contribution in [0.5, 0.6) is 11.5 Å². The minimum absolute atomic E-state index is 0.0967. The maximum absolute atomic E-state index is 13.2. The zero-order valence-electron chi connectivity index (χ0n) is 25.9. The van der Waals surface area contributed by atoms with Crippen molar-refractivity contribution in [3.8, 4) is 11.5 Å². The predicted octanol–water partition coefficient (Wildman–Crippen LogP) is 8.09. The molecule has 1 saturated heterocycles. The molecule has 10 nitrogen and oxygen atoms in total. The van der Waals surface area contributed by atoms with Gasteiger partial charge in [-0.3, -0.25) is 14.5 Å². The summed E-state index contributed by atoms with van der Waals surface area (Å²) in [5.74, 6) is 1.73. The van der Waals surface area contributed by atoms with Crippen LogP contribution in [-0.2, 0) is 15.3 Å². The van der Waals surface area contributed by atoms with Crippen LogP contribution >= 0.6 is 47.1 Å². The molecule has 0 atom stereocenters. The molecule has 2 fully saturated rings. The lowest BCUT2D eigenvalue weighted by Crippen LogP contribution is -2.29. The molecule has 1 aliphatic carbocycles. The van der Waals surface area contributed by atoms with Crippen LogP contribution in [0.1, 0.15) is 68.4 Å². The number of hydrogen-bond acceptors (Lipinski definition) is 12. The second-order valence-electron chi connectivity index (χ2n) is 11.2. The van der Waals surface area contributed by atoms with Gasteiger partial charge in [0.15, 0.2) is 17.1 Å². The second kappa shape index (κ2) is 16.1. The zero-order chi connectivity index (χ0) is 32.6. The van der Waals surface area contributed by atoms with Gasteiger partial charge in [-0.25, -0.2) is 4.98 Å². The largest absolute Gasteiger partial charge is 0.493 e. The fraction of sp³-hybridized carbons (Fsp3) is 0.394. The number of hydrogen-bond donors (Lipinski definition) is 1. The number of ether oxygens (including phenoxy) is 2. The molecule has 2 amide bonds. The first kappa shape index (κ1) is 33.4. The number of aromatic nitrogens is 3. The lowest BCUT2D eigenvalue weighted by molar-refractivity contribution is -0.122. The SMILES string of the molecule is COc1cc(/C=C2\SC(=S)N(CCCCCC(=O)Nc3nnc(CSc4nc5ccccc5o4)s3)C2=O)ccc1OC1CCCCC1. The van der Waals surface area contributed by atoms with Crippen LogP contribution in [-0.4, -0.2) is 56.0 Å². The number of carbonyl (C=O) groups excluding carboxylic acids is 2. The third-order valence-corrected chi connectivity index (χ3v) is 11.0. The molecule has 2 aromatic heterocycles. The van der Waals surface area contributed by atoms with Gasteiger partial charge < -0.3 is 19.2 Å². The predicted molar refractivity (Wildman–Crippen MR) is 191 cm³/mol. The van der Waals surface area contributed by atoms with Crippen molar-refractivity contribution in [2.24, 2.45) is 0 Å². The smallest absolute Gasteiger partial charge is 0.266 e. The van der Waals surface area contributed by atoms with Crippen molar-refractivity contribution in [1.29, 1.82) is 0 Å². The summed E-state index contributed by atoms with van der Waals surface area (Å²) < 4.78 is 18.1. The molecule has 1 N–H and O–H groups in total. The Labute approximate surface area is 291 Å². The van der Waals surface area contributed by atoms with Crippen molar-refractivity contribution >= 4 is 85.5 Å². The number of rotatable bonds is 14. The highest BCUT2D eigenvalue weighted by atomic mass is 32.2. The van der Waals surface area contributed by atoms with E-state index in [2.05, 4.69) is 20.5 Å². The number of unbranched alkanes of at least 4 members (excludes halogenated alkanes) is 2. The van der Waals surface area contributed by atoms with Crippen molar-refractivity contribution in [2.45, 2.75) is 74.9 Å². The third-order valence-electron chi connectivity index (χ3n) is 7.80. The first-order valence-corrected chi connectivity index (χ1v) is 18.7. The molecular weight excluding hydrogens is 675 g/mol. The molecule has 246 valence electrons. The second-order valence-corrected chi connectivity index (χ2v) is 14.9. The van der Waals surface area contributed by atoms with Gasteiger partial charge in [-0.2, -0.15) is 0 Å². The molecule has 0 spiro atoms. The van der Waals surface area contributed by atoms with E-state index < -0.39 is 0 Å². The lowest BCUT2D eigenvalue weighted by Gasteiger charge is -2.24. The average molecular weight is 710 g/mol. The summed E-state index contributed by atoms with van der Waals surface area (Å²) in [7, 11) is 1.63. The van der Waals surface area contributed by atoms with Crippen molar-refractivity contribution in [2.75, 3.05) is 19.0 Å². The van der Waals surface area contributed by atoms with Gasteiger partial charge in [-0.1, -0.05) is 78.1 Å². The third kappa shape index (κ3) is 8.92. The maximum atomic E-state index is 13.2. The van der Waals surface area contributed by atoms with E-state index in [1.807, 2.05) is 48.5 Å². The Morgan fingerprint density at radius 1 is 1.13 bits per heavy atom. The van der Waals surface area contributed by atoms with Crippen LogP contribution < -0.4 is 14.8 Å². The number of anilines is 1. The number of nitrogens with zero attached hydrogens (tertiary/aromatic N) is 4. The van der Waals surface area contributed by atoms with Crippen molar-refractivity contribution in [1.82, 2.24) is 20.1 Å². The van der Waals surface area contributed by atoms with Crippen molar-refractivity contribution in [3.05, 3.63) is 57.9 Å². The van der Waals surface area contributed by atoms with Crippen LogP contribution in [0.25, 0.3) is 17.2 Å². The number of carbonyl (C=O) groups is 2. The van der Waals surface area contributed by atoms with E-state index in [9.17, 15) is 9.59 Å². The molecule has 2 aliphatic rings. The molecule has 2 aromatic carbocycles. The molecule has 0 radical (unpaired) electrons. The van der Waals surface area contributed by atoms with Crippen molar-refractivity contribution in [3.63, 3.8) is 0 Å². The molecular formula is C33H35N5O5S4. The normalized spacial score (nSPS) is 16.4. The van der Waals surface area contributed by atoms with E-state index >= 15 is 0 Å². The number of thiocarbonyl (C=S) groups is 1. The number of fused-ring (bicyclic) bond motifs is 1. The molecule has 0 bridgehead atoms. The Balaban J connectivity index is 0.910. The standard InChI is InChI=1S/C33H35N5O5S4/c1-41-26-18-21(15-16-25(26)42-22-10-4-2-5-11-22)19-27-30(40)38(33(44)46-27)17-9-3-6-14-28(39)35-31-37-36-29(47-31)20-45-32-34-23-12-7-8-13-24(23)43-32/h7-8,12-13,15-16,18-19,22H,2-6,9-11,14,17,20H2,1H3,(H,35,37,39)/b27-19-. The summed E-state index contributed by atoms with van der Waals surface area (Å²) >= 11 is 9.60. The minimum atomic E-state index is -0.113. The van der Waals surface area contributed by atoms with E-state index in [0.717, 1.165) is 53.1 Å². The van der Waals surface area contributed by atoms with Crippen LogP contribution in [0.3, 0.4) is 0 Å². The highest BCUT2D eigenvalue weighted by molar-refractivity contribution is 8.26. The summed E-state index contributed by atoms with van der Waals surface area (Å²) in [5.41, 5.74) is 2.41. The quantitative estimate of drug-likeness (QED) is 0.0592. The summed E-state index contributed by atoms with van der Waals surface area (Å²) in [6.07, 6.45) is 10.4. The van der Waals surface area contributed by atoms with Gasteiger partial charge in [-0.15, -0.1) is 10.2 Å². The summed E-state index contributed by atoms with van der Waals surface area (Å²) in [5, 5.41) is 12.9. The van der Waals surface area contributed by atoms with Gasteiger partial charge in [0.1, 0.15) is 14.8 Å². The fourth-order valence-corrected chi connectivity index (χ4v) is 8.28. The fourth-order valence-electron chi connectivity index (χ4n) is 5.39. The van der Waals surface area contributed by atoms with Crippen LogP contribution in [0.4, 0.5) is 5.13 Å². The van der Waals surface area contributed by atoms with Gasteiger partial charge in [0.05, 0.1) is 23.9 Å². The van der Waals surface area contributed by atoms with Gasteiger partial charge in [0.25, 0.3) is 11.1 Å². The number of benzene rings is 2. The molecule has 1 saturated carbocycles. The Morgan fingerprint density at radius 2 is 1.98 bits per heavy atom. The number of amides is 2. The first-order valence-electron chi connectivity index (χ1n) is 15.7. The summed E-state index contributed by atoms with van der Waals surface area (Å²) in [6, 6.07) is 13.4. The number of methoxy groups -OCH3 is 1. The average Bonchev–Trinajstić information content (AvgIpc) is 3.78. The van der Waals surface area contributed by atoms with Crippen LogP contribution in [0.2, 0.25) is 0 Å². The van der Waals surface area contributed by atoms with Gasteiger partial charge in [0.2, 0.25) is 11.0 Å². The van der Waals surface area contributed by atoms with E-state index in [0.29, 0.717) is 50.5 Å². The maximum Gasteiger partial charge on any atom is 0.266 e. The molecule has 6 rings (SSSR count). The molecule has 4 aromatic rings. The summed E-state index contributed by atoms with van der Waals surface area (Å²) in [4.78, 5) is 32.3. The lowest BCUT2D eigenvalue weighted by atomic mass is 9.98. The monoisotopic (exact) mass is 709 g/mol. The Morgan fingerprint density at radius 3 is 2.81 bits per heavy atom. The highest BCUT2D eigenvalue weighted by Gasteiger charge is 2.31. The number of oxazole rings is 1. The molecule has 14 heteroatoms. The van der Waals surface area contributed by atoms with Gasteiger partial charge in [-0.05, 0) is 74.4 Å². The number of para-hydroxylation sites is 2. The van der Waals surface area contributed by atoms with E-state index in [-0.39, 0.29) is 17.9 Å². The first-order chi connectivity index (χ1) is 22.9. The molecule has 3 heterocycles. The van der Waals surface area contributed by atoms with Gasteiger partial charge in [0, 0.05) is 13.0 Å². The Hall–Kier alpha value is -3.46. The summed E-state index contributed by atoms with van der Waals surface area (Å²) in [6.45, 7) is 0.513. The number of nitrogens with one attached hydrogen (secondary N) is 1. The molecule has 1 aliphatic heterocycles. The molecule has 0 unspecified atom stereocenters. The Bertz CT molecular complexity index is 1730. The topological polar surface area (TPSA) is 120 Å².